The highest BCUT2D eigenvalue weighted by Crippen LogP contribution is 2.15. The van der Waals surface area contributed by atoms with E-state index in [0.717, 1.165) is 11.1 Å². The van der Waals surface area contributed by atoms with Crippen LogP contribution in [0.3, 0.4) is 0 Å². The number of hydrogen-bond donors (Lipinski definition) is 1. The van der Waals surface area contributed by atoms with Crippen molar-refractivity contribution in [3.8, 4) is 0 Å². The first-order valence-corrected chi connectivity index (χ1v) is 8.16. The third kappa shape index (κ3) is 3.21. The van der Waals surface area contributed by atoms with Crippen molar-refractivity contribution < 1.29 is 4.79 Å². The summed E-state index contributed by atoms with van der Waals surface area (Å²) in [7, 11) is 0. The molecule has 2 heterocycles. The van der Waals surface area contributed by atoms with Gasteiger partial charge in [0, 0.05) is 30.5 Å². The van der Waals surface area contributed by atoms with Crippen molar-refractivity contribution in [2.24, 2.45) is 0 Å². The van der Waals surface area contributed by atoms with Crippen LogP contribution in [0.5, 0.6) is 0 Å². The molecular weight excluding hydrogens is 326 g/mol. The Morgan fingerprint density at radius 2 is 1.88 bits per heavy atom. The molecule has 3 aromatic rings. The number of nitrogens with zero attached hydrogens (tertiary/aromatic N) is 2. The maximum Gasteiger partial charge on any atom is 0.259 e. The molecule has 0 fully saturated rings. The van der Waals surface area contributed by atoms with Crippen molar-refractivity contribution in [3.05, 3.63) is 69.7 Å². The molecule has 0 bridgehead atoms. The maximum absolute atomic E-state index is 12.2. The molecule has 6 heteroatoms. The molecule has 1 N–H and O–H groups in total. The quantitative estimate of drug-likeness (QED) is 0.774. The van der Waals surface area contributed by atoms with Gasteiger partial charge in [0.2, 0.25) is 5.91 Å². The summed E-state index contributed by atoms with van der Waals surface area (Å²) in [5.74, 6) is -0.132. The van der Waals surface area contributed by atoms with Gasteiger partial charge in [-0.1, -0.05) is 29.8 Å². The molecule has 0 aliphatic heterocycles. The molecule has 0 unspecified atom stereocenters. The Hall–Kier alpha value is -2.53. The van der Waals surface area contributed by atoms with Crippen LogP contribution >= 0.6 is 11.6 Å². The number of pyridine rings is 1. The summed E-state index contributed by atoms with van der Waals surface area (Å²) in [4.78, 5) is 24.4. The molecule has 0 aliphatic rings. The number of aryl methyl sites for hydroxylation is 1. The average Bonchev–Trinajstić information content (AvgIpc) is 2.98. The molecule has 5 nitrogen and oxygen atoms in total. The SMILES string of the molecule is CCn1ccc2c(ccn2CC(=O)NCc2ccccc2Cl)c1=O. The van der Waals surface area contributed by atoms with Crippen molar-refractivity contribution in [2.45, 2.75) is 26.6 Å². The van der Waals surface area contributed by atoms with E-state index >= 15 is 0 Å². The van der Waals surface area contributed by atoms with E-state index in [4.69, 9.17) is 11.6 Å². The minimum absolute atomic E-state index is 0.0368. The molecule has 124 valence electrons. The summed E-state index contributed by atoms with van der Waals surface area (Å²) in [6, 6.07) is 11.0. The number of aromatic nitrogens is 2. The molecule has 0 saturated carbocycles. The Morgan fingerprint density at radius 3 is 2.62 bits per heavy atom. The number of halogens is 1. The average molecular weight is 344 g/mol. The fraction of sp³-hybridized carbons (Fsp3) is 0.222. The predicted molar refractivity (Wildman–Crippen MR) is 95.2 cm³/mol. The zero-order valence-electron chi connectivity index (χ0n) is 13.3. The zero-order valence-corrected chi connectivity index (χ0v) is 14.1. The second-order valence-electron chi connectivity index (χ2n) is 5.52. The van der Waals surface area contributed by atoms with Gasteiger partial charge in [-0.3, -0.25) is 9.59 Å². The number of rotatable bonds is 5. The van der Waals surface area contributed by atoms with Crippen LogP contribution < -0.4 is 10.9 Å². The lowest BCUT2D eigenvalue weighted by Crippen LogP contribution is -2.27. The second kappa shape index (κ2) is 6.93. The lowest BCUT2D eigenvalue weighted by atomic mass is 10.2. The van der Waals surface area contributed by atoms with Gasteiger partial charge < -0.3 is 14.5 Å². The number of hydrogen-bond acceptors (Lipinski definition) is 2. The van der Waals surface area contributed by atoms with Crippen LogP contribution in [0.25, 0.3) is 10.9 Å². The van der Waals surface area contributed by atoms with Crippen molar-refractivity contribution in [3.63, 3.8) is 0 Å². The smallest absolute Gasteiger partial charge is 0.259 e. The Labute approximate surface area is 144 Å². The van der Waals surface area contributed by atoms with Crippen LogP contribution in [0.4, 0.5) is 0 Å². The molecule has 2 aromatic heterocycles. The third-order valence-electron chi connectivity index (χ3n) is 4.00. The van der Waals surface area contributed by atoms with Crippen LogP contribution in [0.15, 0.2) is 53.6 Å². The highest BCUT2D eigenvalue weighted by Gasteiger charge is 2.10. The van der Waals surface area contributed by atoms with E-state index in [0.29, 0.717) is 23.5 Å². The van der Waals surface area contributed by atoms with Gasteiger partial charge in [0.25, 0.3) is 5.56 Å². The van der Waals surface area contributed by atoms with Crippen molar-refractivity contribution in [2.75, 3.05) is 0 Å². The van der Waals surface area contributed by atoms with Gasteiger partial charge in [-0.15, -0.1) is 0 Å². The van der Waals surface area contributed by atoms with Crippen LogP contribution in [-0.4, -0.2) is 15.0 Å². The molecule has 0 atom stereocenters. The monoisotopic (exact) mass is 343 g/mol. The summed E-state index contributed by atoms with van der Waals surface area (Å²) >= 11 is 6.08. The van der Waals surface area contributed by atoms with Gasteiger partial charge in [-0.2, -0.15) is 0 Å². The summed E-state index contributed by atoms with van der Waals surface area (Å²) < 4.78 is 3.42. The fourth-order valence-electron chi connectivity index (χ4n) is 2.67. The number of nitrogens with one attached hydrogen (secondary N) is 1. The van der Waals surface area contributed by atoms with E-state index < -0.39 is 0 Å². The number of amides is 1. The molecule has 0 aliphatic carbocycles. The highest BCUT2D eigenvalue weighted by atomic mass is 35.5. The van der Waals surface area contributed by atoms with E-state index in [-0.39, 0.29) is 18.0 Å². The van der Waals surface area contributed by atoms with Gasteiger partial charge in [0.15, 0.2) is 0 Å². The Kier molecular flexibility index (Phi) is 4.71. The van der Waals surface area contributed by atoms with Gasteiger partial charge in [-0.05, 0) is 30.7 Å². The van der Waals surface area contributed by atoms with Crippen LogP contribution in [0, 0.1) is 0 Å². The van der Waals surface area contributed by atoms with Crippen LogP contribution in [-0.2, 0) is 24.4 Å². The standard InChI is InChI=1S/C18H18ClN3O2/c1-2-21-10-8-16-14(18(21)24)7-9-22(16)12-17(23)20-11-13-5-3-4-6-15(13)19/h3-10H,2,11-12H2,1H3,(H,20,23). The first-order valence-electron chi connectivity index (χ1n) is 7.78. The number of carbonyl (C=O) groups is 1. The van der Waals surface area contributed by atoms with E-state index in [1.54, 1.807) is 33.7 Å². The van der Waals surface area contributed by atoms with E-state index in [1.165, 1.54) is 0 Å². The Morgan fingerprint density at radius 1 is 1.12 bits per heavy atom. The molecule has 3 rings (SSSR count). The molecule has 0 saturated heterocycles. The largest absolute Gasteiger partial charge is 0.350 e. The molecule has 1 aromatic carbocycles. The first-order chi connectivity index (χ1) is 11.6. The fourth-order valence-corrected chi connectivity index (χ4v) is 2.87. The molecule has 0 spiro atoms. The lowest BCUT2D eigenvalue weighted by Gasteiger charge is -2.09. The molecular formula is C18H18ClN3O2. The molecule has 24 heavy (non-hydrogen) atoms. The van der Waals surface area contributed by atoms with Gasteiger partial charge in [-0.25, -0.2) is 0 Å². The second-order valence-corrected chi connectivity index (χ2v) is 5.92. The first kappa shape index (κ1) is 16.3. The minimum Gasteiger partial charge on any atom is -0.350 e. The Bertz CT molecular complexity index is 943. The van der Waals surface area contributed by atoms with Crippen LogP contribution in [0.2, 0.25) is 5.02 Å². The van der Waals surface area contributed by atoms with Gasteiger partial charge >= 0.3 is 0 Å². The number of carbonyl (C=O) groups excluding carboxylic acids is 1. The summed E-state index contributed by atoms with van der Waals surface area (Å²) in [5, 5.41) is 4.10. The normalized spacial score (nSPS) is 10.9. The lowest BCUT2D eigenvalue weighted by molar-refractivity contribution is -0.121. The molecule has 0 radical (unpaired) electrons. The van der Waals surface area contributed by atoms with Gasteiger partial charge in [0.1, 0.15) is 6.54 Å². The Balaban J connectivity index is 1.73. The van der Waals surface area contributed by atoms with Crippen LogP contribution in [0.1, 0.15) is 12.5 Å². The van der Waals surface area contributed by atoms with E-state index in [1.807, 2.05) is 31.2 Å². The summed E-state index contributed by atoms with van der Waals surface area (Å²) in [6.07, 6.45) is 3.52. The summed E-state index contributed by atoms with van der Waals surface area (Å²) in [5.41, 5.74) is 1.60. The third-order valence-corrected chi connectivity index (χ3v) is 4.37. The van der Waals surface area contributed by atoms with E-state index in [9.17, 15) is 9.59 Å². The highest BCUT2D eigenvalue weighted by molar-refractivity contribution is 6.31. The van der Waals surface area contributed by atoms with Crippen molar-refractivity contribution >= 4 is 28.4 Å². The summed E-state index contributed by atoms with van der Waals surface area (Å²) in [6.45, 7) is 3.08. The topological polar surface area (TPSA) is 56.0 Å². The van der Waals surface area contributed by atoms with Crippen molar-refractivity contribution in [1.82, 2.24) is 14.5 Å². The zero-order chi connectivity index (χ0) is 17.1. The maximum atomic E-state index is 12.2. The minimum atomic E-state index is -0.132. The van der Waals surface area contributed by atoms with Crippen molar-refractivity contribution in [1.29, 1.82) is 0 Å². The molecule has 1 amide bonds. The predicted octanol–water partition coefficient (Wildman–Crippen LogP) is 2.79. The number of fused-ring (bicyclic) bond motifs is 1. The number of benzene rings is 1. The van der Waals surface area contributed by atoms with E-state index in [2.05, 4.69) is 5.32 Å². The van der Waals surface area contributed by atoms with Gasteiger partial charge in [0.05, 0.1) is 10.9 Å².